The first-order valence-electron chi connectivity index (χ1n) is 9.41. The molecule has 144 valence electrons. The van der Waals surface area contributed by atoms with Crippen LogP contribution in [0.1, 0.15) is 54.9 Å². The van der Waals surface area contributed by atoms with Crippen LogP contribution in [0.2, 0.25) is 0 Å². The Labute approximate surface area is 158 Å². The molecule has 0 unspecified atom stereocenters. The van der Waals surface area contributed by atoms with Gasteiger partial charge in [-0.25, -0.2) is 9.59 Å². The predicted molar refractivity (Wildman–Crippen MR) is 99.1 cm³/mol. The number of carbonyl (C=O) groups is 3. The molecule has 0 aromatic heterocycles. The summed E-state index contributed by atoms with van der Waals surface area (Å²) in [5.74, 6) is -1.29. The van der Waals surface area contributed by atoms with E-state index in [1.807, 2.05) is 12.1 Å². The van der Waals surface area contributed by atoms with Crippen molar-refractivity contribution >= 4 is 17.8 Å². The van der Waals surface area contributed by atoms with Gasteiger partial charge in [0.1, 0.15) is 5.57 Å². The Morgan fingerprint density at radius 3 is 2.33 bits per heavy atom. The monoisotopic (exact) mass is 371 g/mol. The van der Waals surface area contributed by atoms with Gasteiger partial charge in [0, 0.05) is 0 Å². The molecule has 1 spiro atoms. The number of hydrogen-bond donors (Lipinski definition) is 1. The molecular weight excluding hydrogens is 346 g/mol. The highest BCUT2D eigenvalue weighted by Crippen LogP contribution is 2.41. The summed E-state index contributed by atoms with van der Waals surface area (Å²) >= 11 is 0. The first kappa shape index (κ1) is 19.1. The highest BCUT2D eigenvalue weighted by Gasteiger charge is 2.47. The maximum atomic E-state index is 12.6. The van der Waals surface area contributed by atoms with Gasteiger partial charge in [-0.1, -0.05) is 31.4 Å². The van der Waals surface area contributed by atoms with Crippen LogP contribution in [0, 0.1) is 0 Å². The van der Waals surface area contributed by atoms with Crippen LogP contribution in [0.5, 0.6) is 0 Å². The number of esters is 2. The molecule has 1 fully saturated rings. The lowest BCUT2D eigenvalue weighted by Crippen LogP contribution is -2.46. The van der Waals surface area contributed by atoms with Crippen LogP contribution in [0.15, 0.2) is 35.4 Å². The zero-order valence-electron chi connectivity index (χ0n) is 15.8. The SMILES string of the molecule is CCOC(=O)C1=C(Cc2ccc(C(=O)OC)cc2)C2(CCCCC2)NC1=O. The van der Waals surface area contributed by atoms with E-state index >= 15 is 0 Å². The summed E-state index contributed by atoms with van der Waals surface area (Å²) in [6, 6.07) is 7.07. The standard InChI is InChI=1S/C21H25NO5/c1-3-27-20(25)17-16(21(22-18(17)23)11-5-4-6-12-21)13-14-7-9-15(10-8-14)19(24)26-2/h7-10H,3-6,11-13H2,1-2H3,(H,22,23). The summed E-state index contributed by atoms with van der Waals surface area (Å²) in [5, 5.41) is 3.08. The average molecular weight is 371 g/mol. The van der Waals surface area contributed by atoms with Crippen LogP contribution >= 0.6 is 0 Å². The third-order valence-electron chi connectivity index (χ3n) is 5.40. The van der Waals surface area contributed by atoms with Crippen molar-refractivity contribution in [3.63, 3.8) is 0 Å². The number of nitrogens with one attached hydrogen (secondary N) is 1. The predicted octanol–water partition coefficient (Wildman–Crippen LogP) is 2.71. The molecule has 1 aliphatic heterocycles. The Morgan fingerprint density at radius 1 is 1.07 bits per heavy atom. The van der Waals surface area contributed by atoms with Crippen LogP contribution in [0.4, 0.5) is 0 Å². The average Bonchev–Trinajstić information content (AvgIpc) is 2.93. The van der Waals surface area contributed by atoms with Gasteiger partial charge in [-0.15, -0.1) is 0 Å². The molecule has 1 aromatic carbocycles. The van der Waals surface area contributed by atoms with Gasteiger partial charge in [-0.05, 0) is 49.5 Å². The first-order chi connectivity index (χ1) is 13.0. The molecule has 6 nitrogen and oxygen atoms in total. The molecule has 0 radical (unpaired) electrons. The molecule has 3 rings (SSSR count). The Bertz CT molecular complexity index is 772. The van der Waals surface area contributed by atoms with E-state index in [4.69, 9.17) is 9.47 Å². The molecule has 27 heavy (non-hydrogen) atoms. The molecule has 0 saturated heterocycles. The summed E-state index contributed by atoms with van der Waals surface area (Å²) in [5.41, 5.74) is 1.90. The lowest BCUT2D eigenvalue weighted by molar-refractivity contribution is -0.140. The maximum Gasteiger partial charge on any atom is 0.343 e. The van der Waals surface area contributed by atoms with Crippen molar-refractivity contribution < 1.29 is 23.9 Å². The van der Waals surface area contributed by atoms with Crippen LogP contribution in [-0.2, 0) is 25.5 Å². The van der Waals surface area contributed by atoms with E-state index < -0.39 is 17.5 Å². The van der Waals surface area contributed by atoms with E-state index in [9.17, 15) is 14.4 Å². The molecule has 1 aromatic rings. The van der Waals surface area contributed by atoms with Crippen molar-refractivity contribution in [3.8, 4) is 0 Å². The van der Waals surface area contributed by atoms with Gasteiger partial charge in [0.05, 0.1) is 24.8 Å². The summed E-state index contributed by atoms with van der Waals surface area (Å²) < 4.78 is 9.87. The summed E-state index contributed by atoms with van der Waals surface area (Å²) in [7, 11) is 1.34. The van der Waals surface area contributed by atoms with E-state index in [1.54, 1.807) is 19.1 Å². The fraction of sp³-hybridized carbons (Fsp3) is 0.476. The number of benzene rings is 1. The van der Waals surface area contributed by atoms with Crippen LogP contribution < -0.4 is 5.32 Å². The van der Waals surface area contributed by atoms with Crippen molar-refractivity contribution in [2.75, 3.05) is 13.7 Å². The second-order valence-corrected chi connectivity index (χ2v) is 7.04. The molecule has 0 bridgehead atoms. The number of amides is 1. The highest BCUT2D eigenvalue weighted by molar-refractivity contribution is 6.19. The van der Waals surface area contributed by atoms with Gasteiger partial charge in [0.2, 0.25) is 0 Å². The minimum Gasteiger partial charge on any atom is -0.465 e. The van der Waals surface area contributed by atoms with E-state index in [1.165, 1.54) is 7.11 Å². The summed E-state index contributed by atoms with van der Waals surface area (Å²) in [6.07, 6.45) is 5.29. The Morgan fingerprint density at radius 2 is 1.74 bits per heavy atom. The molecule has 6 heteroatoms. The molecule has 1 saturated carbocycles. The van der Waals surface area contributed by atoms with Gasteiger partial charge < -0.3 is 14.8 Å². The van der Waals surface area contributed by atoms with Gasteiger partial charge in [-0.3, -0.25) is 4.79 Å². The number of ether oxygens (including phenoxy) is 2. The molecule has 1 heterocycles. The van der Waals surface area contributed by atoms with Crippen molar-refractivity contribution in [1.82, 2.24) is 5.32 Å². The zero-order valence-corrected chi connectivity index (χ0v) is 15.8. The number of rotatable bonds is 5. The van der Waals surface area contributed by atoms with Crippen molar-refractivity contribution in [1.29, 1.82) is 0 Å². The third-order valence-corrected chi connectivity index (χ3v) is 5.40. The van der Waals surface area contributed by atoms with E-state index in [-0.39, 0.29) is 18.1 Å². The van der Waals surface area contributed by atoms with Crippen molar-refractivity contribution in [2.45, 2.75) is 51.0 Å². The molecular formula is C21H25NO5. The van der Waals surface area contributed by atoms with Gasteiger partial charge in [0.25, 0.3) is 5.91 Å². The lowest BCUT2D eigenvalue weighted by atomic mass is 9.75. The Kier molecular flexibility index (Phi) is 5.63. The molecule has 1 N–H and O–H groups in total. The quantitative estimate of drug-likeness (QED) is 0.636. The summed E-state index contributed by atoms with van der Waals surface area (Å²) in [4.78, 5) is 36.7. The van der Waals surface area contributed by atoms with Crippen LogP contribution in [0.3, 0.4) is 0 Å². The number of methoxy groups -OCH3 is 1. The highest BCUT2D eigenvalue weighted by atomic mass is 16.5. The first-order valence-corrected chi connectivity index (χ1v) is 9.41. The normalized spacial score (nSPS) is 18.4. The van der Waals surface area contributed by atoms with Gasteiger partial charge >= 0.3 is 11.9 Å². The molecule has 1 aliphatic carbocycles. The van der Waals surface area contributed by atoms with Crippen molar-refractivity contribution in [3.05, 3.63) is 46.5 Å². The van der Waals surface area contributed by atoms with Crippen LogP contribution in [0.25, 0.3) is 0 Å². The van der Waals surface area contributed by atoms with E-state index in [0.717, 1.165) is 43.2 Å². The lowest BCUT2D eigenvalue weighted by Gasteiger charge is -2.36. The minimum absolute atomic E-state index is 0.149. The van der Waals surface area contributed by atoms with E-state index in [0.29, 0.717) is 12.0 Å². The fourth-order valence-corrected chi connectivity index (χ4v) is 4.07. The van der Waals surface area contributed by atoms with Gasteiger partial charge in [0.15, 0.2) is 0 Å². The van der Waals surface area contributed by atoms with Gasteiger partial charge in [-0.2, -0.15) is 0 Å². The largest absolute Gasteiger partial charge is 0.465 e. The molecule has 0 atom stereocenters. The fourth-order valence-electron chi connectivity index (χ4n) is 4.07. The summed E-state index contributed by atoms with van der Waals surface area (Å²) in [6.45, 7) is 1.95. The van der Waals surface area contributed by atoms with E-state index in [2.05, 4.69) is 5.32 Å². The second kappa shape index (κ2) is 7.94. The Balaban J connectivity index is 1.96. The number of carbonyl (C=O) groups excluding carboxylic acids is 3. The van der Waals surface area contributed by atoms with Crippen molar-refractivity contribution in [2.24, 2.45) is 0 Å². The maximum absolute atomic E-state index is 12.6. The minimum atomic E-state index is -0.557. The number of hydrogen-bond acceptors (Lipinski definition) is 5. The zero-order chi connectivity index (χ0) is 19.4. The van der Waals surface area contributed by atoms with Crippen LogP contribution in [-0.4, -0.2) is 37.1 Å². The Hall–Kier alpha value is -2.63. The molecule has 2 aliphatic rings. The second-order valence-electron chi connectivity index (χ2n) is 7.04. The topological polar surface area (TPSA) is 81.7 Å². The third kappa shape index (κ3) is 3.75. The smallest absolute Gasteiger partial charge is 0.343 e. The molecule has 1 amide bonds.